The molecule has 3 rings (SSSR count). The number of carbonyl (C=O) groups excluding carboxylic acids is 1. The highest BCUT2D eigenvalue weighted by Gasteiger charge is 2.27. The second-order valence-electron chi connectivity index (χ2n) is 7.78. The van der Waals surface area contributed by atoms with Gasteiger partial charge in [-0.25, -0.2) is 4.68 Å². The molecule has 1 saturated carbocycles. The molecule has 1 aromatic heterocycles. The average Bonchev–Trinajstić information content (AvgIpc) is 2.68. The van der Waals surface area contributed by atoms with E-state index >= 15 is 0 Å². The fourth-order valence-corrected chi connectivity index (χ4v) is 4.10. The number of aromatic nitrogens is 2. The first-order chi connectivity index (χ1) is 12.5. The molecule has 1 amide bonds. The summed E-state index contributed by atoms with van der Waals surface area (Å²) in [6, 6.07) is 1.28. The minimum Gasteiger partial charge on any atom is -0.370 e. The monoisotopic (exact) mass is 361 g/mol. The number of amides is 1. The molecule has 26 heavy (non-hydrogen) atoms. The number of rotatable bonds is 5. The Labute approximate surface area is 154 Å². The summed E-state index contributed by atoms with van der Waals surface area (Å²) in [6.07, 6.45) is 9.56. The summed E-state index contributed by atoms with van der Waals surface area (Å²) in [5, 5.41) is 7.16. The normalized spacial score (nSPS) is 20.8. The van der Waals surface area contributed by atoms with Crippen LogP contribution in [0.25, 0.3) is 0 Å². The van der Waals surface area contributed by atoms with Gasteiger partial charge in [0.25, 0.3) is 5.56 Å². The molecule has 0 aromatic carbocycles. The number of nitrogens with one attached hydrogen (secondary N) is 1. The summed E-state index contributed by atoms with van der Waals surface area (Å²) < 4.78 is 1.33. The molecule has 1 saturated heterocycles. The van der Waals surface area contributed by atoms with E-state index in [1.54, 1.807) is 19.3 Å². The molecule has 7 heteroatoms. The summed E-state index contributed by atoms with van der Waals surface area (Å²) in [4.78, 5) is 26.3. The van der Waals surface area contributed by atoms with Crippen molar-refractivity contribution in [3.05, 3.63) is 22.6 Å². The van der Waals surface area contributed by atoms with Gasteiger partial charge < -0.3 is 16.0 Å². The number of hydrogen-bond donors (Lipinski definition) is 2. The Balaban J connectivity index is 1.43. The molecule has 2 fully saturated rings. The van der Waals surface area contributed by atoms with Crippen molar-refractivity contribution in [3.63, 3.8) is 0 Å². The number of hydrogen-bond acceptors (Lipinski definition) is 5. The zero-order valence-electron chi connectivity index (χ0n) is 15.7. The van der Waals surface area contributed by atoms with Crippen molar-refractivity contribution in [3.8, 4) is 0 Å². The van der Waals surface area contributed by atoms with Crippen LogP contribution in [-0.4, -0.2) is 41.4 Å². The minimum atomic E-state index is -0.359. The fraction of sp³-hybridized carbons (Fsp3) is 0.737. The van der Waals surface area contributed by atoms with Crippen LogP contribution in [0, 0.1) is 11.8 Å². The van der Waals surface area contributed by atoms with E-state index in [1.165, 1.54) is 23.9 Å². The van der Waals surface area contributed by atoms with Crippen LogP contribution in [0.2, 0.25) is 0 Å². The van der Waals surface area contributed by atoms with E-state index in [0.29, 0.717) is 18.4 Å². The first kappa shape index (κ1) is 18.9. The number of piperidine rings is 1. The Bertz CT molecular complexity index is 660. The van der Waals surface area contributed by atoms with E-state index in [1.807, 2.05) is 0 Å². The molecule has 2 aliphatic rings. The third-order valence-electron chi connectivity index (χ3n) is 5.96. The topological polar surface area (TPSA) is 93.2 Å². The number of nitrogens with two attached hydrogens (primary N) is 1. The van der Waals surface area contributed by atoms with E-state index in [2.05, 4.69) is 15.3 Å². The number of aryl methyl sites for hydroxylation is 1. The van der Waals surface area contributed by atoms with Crippen LogP contribution in [0.1, 0.15) is 44.9 Å². The molecule has 144 valence electrons. The molecule has 1 aliphatic heterocycles. The Morgan fingerprint density at radius 3 is 2.62 bits per heavy atom. The lowest BCUT2D eigenvalue weighted by Gasteiger charge is -2.34. The van der Waals surface area contributed by atoms with Crippen molar-refractivity contribution < 1.29 is 4.79 Å². The van der Waals surface area contributed by atoms with Gasteiger partial charge in [-0.15, -0.1) is 0 Å². The molecule has 7 nitrogen and oxygen atoms in total. The molecule has 0 unspecified atom stereocenters. The van der Waals surface area contributed by atoms with Crippen molar-refractivity contribution in [1.29, 1.82) is 0 Å². The van der Waals surface area contributed by atoms with Crippen LogP contribution in [0.5, 0.6) is 0 Å². The van der Waals surface area contributed by atoms with Gasteiger partial charge in [-0.05, 0) is 37.5 Å². The molecule has 1 aromatic rings. The molecule has 2 heterocycles. The van der Waals surface area contributed by atoms with Crippen LogP contribution in [0.3, 0.4) is 0 Å². The Morgan fingerprint density at radius 1 is 1.27 bits per heavy atom. The smallest absolute Gasteiger partial charge is 0.268 e. The second kappa shape index (κ2) is 8.66. The first-order valence-corrected chi connectivity index (χ1v) is 9.86. The lowest BCUT2D eigenvalue weighted by Crippen LogP contribution is -2.48. The minimum absolute atomic E-state index is 0.00934. The maximum Gasteiger partial charge on any atom is 0.268 e. The van der Waals surface area contributed by atoms with Gasteiger partial charge >= 0.3 is 0 Å². The van der Waals surface area contributed by atoms with Crippen molar-refractivity contribution in [2.45, 2.75) is 51.0 Å². The van der Waals surface area contributed by atoms with Crippen LogP contribution in [0.4, 0.5) is 5.69 Å². The van der Waals surface area contributed by atoms with Gasteiger partial charge in [-0.1, -0.05) is 19.3 Å². The highest BCUT2D eigenvalue weighted by molar-refractivity contribution is 5.81. The van der Waals surface area contributed by atoms with Crippen molar-refractivity contribution >= 4 is 11.6 Å². The van der Waals surface area contributed by atoms with Gasteiger partial charge in [0.1, 0.15) is 0 Å². The highest BCUT2D eigenvalue weighted by Crippen LogP contribution is 2.26. The van der Waals surface area contributed by atoms with E-state index in [0.717, 1.165) is 44.5 Å². The van der Waals surface area contributed by atoms with Gasteiger partial charge in [0.05, 0.1) is 17.9 Å². The molecular formula is C19H31N5O2. The predicted molar refractivity (Wildman–Crippen MR) is 102 cm³/mol. The largest absolute Gasteiger partial charge is 0.370 e. The third-order valence-corrected chi connectivity index (χ3v) is 5.96. The van der Waals surface area contributed by atoms with E-state index in [4.69, 9.17) is 5.73 Å². The quantitative estimate of drug-likeness (QED) is 0.817. The van der Waals surface area contributed by atoms with E-state index < -0.39 is 0 Å². The number of carbonyl (C=O) groups is 1. The van der Waals surface area contributed by atoms with Crippen molar-refractivity contribution in [1.82, 2.24) is 15.1 Å². The third kappa shape index (κ3) is 4.63. The van der Waals surface area contributed by atoms with Gasteiger partial charge in [-0.3, -0.25) is 9.59 Å². The number of nitrogens with zero attached hydrogens (tertiary/aromatic N) is 3. The van der Waals surface area contributed by atoms with Gasteiger partial charge in [-0.2, -0.15) is 5.10 Å². The molecule has 0 radical (unpaired) electrons. The molecule has 0 spiro atoms. The van der Waals surface area contributed by atoms with Crippen molar-refractivity contribution in [2.24, 2.45) is 24.6 Å². The first-order valence-electron chi connectivity index (χ1n) is 9.86. The summed E-state index contributed by atoms with van der Waals surface area (Å²) >= 11 is 0. The molecule has 1 aliphatic carbocycles. The van der Waals surface area contributed by atoms with Crippen LogP contribution >= 0.6 is 0 Å². The second-order valence-corrected chi connectivity index (χ2v) is 7.78. The molecular weight excluding hydrogens is 330 g/mol. The van der Waals surface area contributed by atoms with E-state index in [9.17, 15) is 9.59 Å². The van der Waals surface area contributed by atoms with Gasteiger partial charge in [0.2, 0.25) is 5.91 Å². The predicted octanol–water partition coefficient (Wildman–Crippen LogP) is 1.02. The maximum absolute atomic E-state index is 12.3. The average molecular weight is 361 g/mol. The molecule has 3 N–H and O–H groups in total. The summed E-state index contributed by atoms with van der Waals surface area (Å²) in [6.45, 7) is 2.45. The molecule has 1 atom stereocenters. The van der Waals surface area contributed by atoms with Gasteiger partial charge in [0.15, 0.2) is 0 Å². The maximum atomic E-state index is 12.3. The zero-order valence-corrected chi connectivity index (χ0v) is 15.7. The standard InChI is InChI=1S/C19H31N5O2/c1-23-17(25)11-16(13-22-23)24-9-7-14(8-10-24)12-21-19(26)18(20)15-5-3-2-4-6-15/h11,13-15,18H,2-10,12,20H2,1H3,(H,21,26)/t18-/m0/s1. The van der Waals surface area contributed by atoms with Gasteiger partial charge in [0, 0.05) is 32.7 Å². The number of anilines is 1. The lowest BCUT2D eigenvalue weighted by molar-refractivity contribution is -0.124. The van der Waals surface area contributed by atoms with Crippen LogP contribution < -0.4 is 21.5 Å². The Hall–Kier alpha value is -1.89. The lowest BCUT2D eigenvalue weighted by atomic mass is 9.84. The fourth-order valence-electron chi connectivity index (χ4n) is 4.10. The summed E-state index contributed by atoms with van der Waals surface area (Å²) in [5.74, 6) is 0.821. The van der Waals surface area contributed by atoms with Crippen molar-refractivity contribution in [2.75, 3.05) is 24.5 Å². The van der Waals surface area contributed by atoms with E-state index in [-0.39, 0.29) is 17.5 Å². The van der Waals surface area contributed by atoms with Crippen LogP contribution in [0.15, 0.2) is 17.1 Å². The van der Waals surface area contributed by atoms with Crippen LogP contribution in [-0.2, 0) is 11.8 Å². The zero-order chi connectivity index (χ0) is 18.5. The molecule has 0 bridgehead atoms. The SMILES string of the molecule is Cn1ncc(N2CCC(CNC(=O)[C@@H](N)C3CCCCC3)CC2)cc1=O. The Morgan fingerprint density at radius 2 is 1.96 bits per heavy atom. The highest BCUT2D eigenvalue weighted by atomic mass is 16.2. The Kier molecular flexibility index (Phi) is 6.29. The summed E-state index contributed by atoms with van der Waals surface area (Å²) in [5.41, 5.74) is 6.97. The summed E-state index contributed by atoms with van der Waals surface area (Å²) in [7, 11) is 1.65.